The van der Waals surface area contributed by atoms with Gasteiger partial charge in [0, 0.05) is 7.05 Å². The molecule has 0 rings (SSSR count). The number of rotatable bonds is 5. The first-order chi connectivity index (χ1) is 5.65. The minimum Gasteiger partial charge on any atom is -0.433 e. The Morgan fingerprint density at radius 1 is 1.42 bits per heavy atom. The van der Waals surface area contributed by atoms with Crippen LogP contribution in [0.3, 0.4) is 0 Å². The van der Waals surface area contributed by atoms with Gasteiger partial charge in [-0.15, -0.1) is 0 Å². The maximum Gasteiger partial charge on any atom is 0.387 e. The van der Waals surface area contributed by atoms with Gasteiger partial charge >= 0.3 is 6.61 Å². The van der Waals surface area contributed by atoms with Crippen LogP contribution < -0.4 is 5.32 Å². The first-order valence-corrected chi connectivity index (χ1v) is 3.27. The first kappa shape index (κ1) is 10.7. The van der Waals surface area contributed by atoms with Gasteiger partial charge in [0.05, 0.1) is 5.70 Å². The molecule has 0 unspecified atom stereocenters. The zero-order valence-electron chi connectivity index (χ0n) is 6.81. The fourth-order valence-electron chi connectivity index (χ4n) is 0.643. The molecule has 0 saturated carbocycles. The summed E-state index contributed by atoms with van der Waals surface area (Å²) in [5.41, 5.74) is 0.380. The van der Waals surface area contributed by atoms with Crippen molar-refractivity contribution in [3.05, 3.63) is 36.8 Å². The lowest BCUT2D eigenvalue weighted by atomic mass is 10.3. The van der Waals surface area contributed by atoms with Gasteiger partial charge in [0.15, 0.2) is 0 Å². The molecule has 0 atom stereocenters. The Bertz CT molecular complexity index is 199. The number of likely N-dealkylation sites (N-methyl/N-ethyl adjacent to an activating group) is 1. The van der Waals surface area contributed by atoms with E-state index in [1.807, 2.05) is 0 Å². The van der Waals surface area contributed by atoms with Crippen LogP contribution in [0.2, 0.25) is 0 Å². The van der Waals surface area contributed by atoms with Gasteiger partial charge < -0.3 is 10.1 Å². The summed E-state index contributed by atoms with van der Waals surface area (Å²) in [7, 11) is 1.58. The van der Waals surface area contributed by atoms with E-state index < -0.39 is 6.61 Å². The average molecular weight is 175 g/mol. The van der Waals surface area contributed by atoms with Crippen LogP contribution >= 0.6 is 0 Å². The lowest BCUT2D eigenvalue weighted by molar-refractivity contribution is -0.0929. The van der Waals surface area contributed by atoms with Crippen molar-refractivity contribution in [3.63, 3.8) is 0 Å². The smallest absolute Gasteiger partial charge is 0.387 e. The van der Waals surface area contributed by atoms with E-state index in [4.69, 9.17) is 0 Å². The van der Waals surface area contributed by atoms with Crippen molar-refractivity contribution in [2.75, 3.05) is 7.05 Å². The van der Waals surface area contributed by atoms with Crippen LogP contribution in [-0.4, -0.2) is 13.7 Å². The summed E-state index contributed by atoms with van der Waals surface area (Å²) in [6.45, 7) is 3.90. The van der Waals surface area contributed by atoms with E-state index in [1.165, 1.54) is 12.2 Å². The predicted octanol–water partition coefficient (Wildman–Crippen LogP) is 2.03. The summed E-state index contributed by atoms with van der Waals surface area (Å²) in [6, 6.07) is 0. The zero-order chi connectivity index (χ0) is 9.56. The number of nitrogens with one attached hydrogen (secondary N) is 1. The van der Waals surface area contributed by atoms with Crippen molar-refractivity contribution in [3.8, 4) is 0 Å². The average Bonchev–Trinajstić information content (AvgIpc) is 2.04. The van der Waals surface area contributed by atoms with Crippen LogP contribution in [0, 0.1) is 0 Å². The topological polar surface area (TPSA) is 21.3 Å². The van der Waals surface area contributed by atoms with Crippen LogP contribution in [0.5, 0.6) is 0 Å². The van der Waals surface area contributed by atoms with E-state index in [1.54, 1.807) is 7.05 Å². The molecule has 12 heavy (non-hydrogen) atoms. The maximum absolute atomic E-state index is 11.7. The van der Waals surface area contributed by atoms with Gasteiger partial charge in [-0.3, -0.25) is 0 Å². The first-order valence-electron chi connectivity index (χ1n) is 3.27. The second kappa shape index (κ2) is 5.35. The van der Waals surface area contributed by atoms with E-state index in [2.05, 4.69) is 23.2 Å². The van der Waals surface area contributed by atoms with E-state index in [0.29, 0.717) is 5.70 Å². The molecule has 0 radical (unpaired) electrons. The molecule has 0 aliphatic heterocycles. The molecule has 0 aromatic rings. The molecular formula is C8H11F2NO. The Morgan fingerprint density at radius 2 is 2.00 bits per heavy atom. The summed E-state index contributed by atoms with van der Waals surface area (Å²) in [5, 5.41) is 2.64. The van der Waals surface area contributed by atoms with E-state index in [-0.39, 0.29) is 5.76 Å². The van der Waals surface area contributed by atoms with Gasteiger partial charge in [0.1, 0.15) is 5.76 Å². The highest BCUT2D eigenvalue weighted by molar-refractivity contribution is 5.25. The van der Waals surface area contributed by atoms with Crippen molar-refractivity contribution < 1.29 is 13.5 Å². The molecule has 68 valence electrons. The zero-order valence-corrected chi connectivity index (χ0v) is 6.81. The second-order valence-corrected chi connectivity index (χ2v) is 1.81. The molecule has 0 aliphatic rings. The van der Waals surface area contributed by atoms with Crippen LogP contribution in [0.15, 0.2) is 36.8 Å². The van der Waals surface area contributed by atoms with Gasteiger partial charge in [0.25, 0.3) is 0 Å². The fraction of sp³-hybridized carbons (Fsp3) is 0.250. The molecule has 0 aliphatic carbocycles. The predicted molar refractivity (Wildman–Crippen MR) is 43.6 cm³/mol. The van der Waals surface area contributed by atoms with Crippen LogP contribution in [-0.2, 0) is 4.74 Å². The Morgan fingerprint density at radius 3 is 2.25 bits per heavy atom. The number of hydrogen-bond donors (Lipinski definition) is 1. The Balaban J connectivity index is 4.57. The number of alkyl halides is 2. The van der Waals surface area contributed by atoms with Crippen molar-refractivity contribution in [1.29, 1.82) is 0 Å². The summed E-state index contributed by atoms with van der Waals surface area (Å²) in [5.74, 6) is -0.0116. The van der Waals surface area contributed by atoms with E-state index >= 15 is 0 Å². The van der Waals surface area contributed by atoms with Gasteiger partial charge in [-0.25, -0.2) is 0 Å². The lowest BCUT2D eigenvalue weighted by Gasteiger charge is -2.09. The summed E-state index contributed by atoms with van der Waals surface area (Å²) in [4.78, 5) is 0. The monoisotopic (exact) mass is 175 g/mol. The highest BCUT2D eigenvalue weighted by Crippen LogP contribution is 2.10. The van der Waals surface area contributed by atoms with Crippen LogP contribution in [0.4, 0.5) is 8.78 Å². The van der Waals surface area contributed by atoms with Crippen molar-refractivity contribution >= 4 is 0 Å². The molecule has 0 aromatic carbocycles. The van der Waals surface area contributed by atoms with E-state index in [9.17, 15) is 8.78 Å². The highest BCUT2D eigenvalue weighted by atomic mass is 19.3. The third-order valence-electron chi connectivity index (χ3n) is 1.14. The van der Waals surface area contributed by atoms with Crippen molar-refractivity contribution in [2.45, 2.75) is 6.61 Å². The molecule has 0 fully saturated rings. The molecule has 0 saturated heterocycles. The molecule has 1 N–H and O–H groups in total. The van der Waals surface area contributed by atoms with Gasteiger partial charge in [-0.2, -0.15) is 8.78 Å². The largest absolute Gasteiger partial charge is 0.433 e. The Labute approximate surface area is 70.2 Å². The van der Waals surface area contributed by atoms with Gasteiger partial charge in [0.2, 0.25) is 0 Å². The normalized spacial score (nSPS) is 12.0. The molecule has 0 spiro atoms. The molecule has 0 amide bonds. The van der Waals surface area contributed by atoms with E-state index in [0.717, 1.165) is 0 Å². The Kier molecular flexibility index (Phi) is 4.76. The second-order valence-electron chi connectivity index (χ2n) is 1.81. The van der Waals surface area contributed by atoms with Crippen molar-refractivity contribution in [1.82, 2.24) is 5.32 Å². The van der Waals surface area contributed by atoms with Crippen LogP contribution in [0.25, 0.3) is 0 Å². The quantitative estimate of drug-likeness (QED) is 0.510. The molecule has 0 aromatic heterocycles. The molecule has 0 bridgehead atoms. The summed E-state index contributed by atoms with van der Waals surface area (Å²) in [6.07, 6.45) is 2.57. The highest BCUT2D eigenvalue weighted by Gasteiger charge is 2.06. The summed E-state index contributed by atoms with van der Waals surface area (Å²) < 4.78 is 27.6. The number of ether oxygens (including phenoxy) is 1. The minimum atomic E-state index is -2.85. The number of halogens is 2. The SMILES string of the molecule is C=C/C(NC)=C(\C=C)OC(F)F. The maximum atomic E-state index is 11.7. The van der Waals surface area contributed by atoms with Gasteiger partial charge in [-0.1, -0.05) is 13.2 Å². The fourth-order valence-corrected chi connectivity index (χ4v) is 0.643. The number of hydrogen-bond acceptors (Lipinski definition) is 2. The Hall–Kier alpha value is -1.32. The van der Waals surface area contributed by atoms with Crippen LogP contribution in [0.1, 0.15) is 0 Å². The molecule has 0 heterocycles. The standard InChI is InChI=1S/C8H11F2NO/c1-4-6(11-3)7(5-2)12-8(9)10/h4-5,8,11H,1-2H2,3H3/b7-6-. The molecular weight excluding hydrogens is 164 g/mol. The molecule has 4 heteroatoms. The minimum absolute atomic E-state index is 0.0116. The van der Waals surface area contributed by atoms with Gasteiger partial charge in [-0.05, 0) is 12.2 Å². The third-order valence-corrected chi connectivity index (χ3v) is 1.14. The van der Waals surface area contributed by atoms with Crippen molar-refractivity contribution in [2.24, 2.45) is 0 Å². The third kappa shape index (κ3) is 3.18. The lowest BCUT2D eigenvalue weighted by Crippen LogP contribution is -2.09. The summed E-state index contributed by atoms with van der Waals surface area (Å²) >= 11 is 0. The number of allylic oxidation sites excluding steroid dienone is 2. The molecule has 2 nitrogen and oxygen atoms in total.